The third-order valence-electron chi connectivity index (χ3n) is 4.63. The monoisotopic (exact) mass is 308 g/mol. The van der Waals surface area contributed by atoms with Crippen molar-refractivity contribution < 1.29 is 4.79 Å². The van der Waals surface area contributed by atoms with Gasteiger partial charge in [-0.05, 0) is 55.8 Å². The Morgan fingerprint density at radius 2 is 1.76 bits per heavy atom. The largest absolute Gasteiger partial charge is 0.349 e. The molecular formula is C17H25ClN2O. The van der Waals surface area contributed by atoms with E-state index in [4.69, 9.17) is 0 Å². The zero-order chi connectivity index (χ0) is 13.8. The Labute approximate surface area is 133 Å². The fourth-order valence-corrected chi connectivity index (χ4v) is 3.38. The van der Waals surface area contributed by atoms with Crippen LogP contribution < -0.4 is 10.6 Å². The minimum absolute atomic E-state index is 0. The molecule has 2 aliphatic rings. The smallest absolute Gasteiger partial charge is 0.251 e. The van der Waals surface area contributed by atoms with Gasteiger partial charge < -0.3 is 10.6 Å². The summed E-state index contributed by atoms with van der Waals surface area (Å²) in [4.78, 5) is 12.2. The second-order valence-electron chi connectivity index (χ2n) is 6.12. The van der Waals surface area contributed by atoms with Crippen molar-refractivity contribution in [2.45, 2.75) is 50.5 Å². The lowest BCUT2D eigenvalue weighted by Crippen LogP contribution is -2.32. The second-order valence-corrected chi connectivity index (χ2v) is 6.12. The second kappa shape index (κ2) is 7.81. The molecule has 116 valence electrons. The number of nitrogens with one attached hydrogen (secondary N) is 2. The number of amides is 1. The normalized spacial score (nSPS) is 22.6. The fourth-order valence-electron chi connectivity index (χ4n) is 3.38. The summed E-state index contributed by atoms with van der Waals surface area (Å²) < 4.78 is 0. The lowest BCUT2D eigenvalue weighted by atomic mass is 9.91. The van der Waals surface area contributed by atoms with Crippen molar-refractivity contribution in [3.8, 4) is 0 Å². The van der Waals surface area contributed by atoms with Gasteiger partial charge in [0.1, 0.15) is 0 Å². The van der Waals surface area contributed by atoms with E-state index >= 15 is 0 Å². The molecule has 0 bridgehead atoms. The van der Waals surface area contributed by atoms with Crippen LogP contribution in [0.4, 0.5) is 0 Å². The lowest BCUT2D eigenvalue weighted by Gasteiger charge is -2.23. The van der Waals surface area contributed by atoms with E-state index < -0.39 is 0 Å². The number of hydrogen-bond donors (Lipinski definition) is 2. The van der Waals surface area contributed by atoms with E-state index in [9.17, 15) is 4.79 Å². The van der Waals surface area contributed by atoms with Crippen LogP contribution in [0.2, 0.25) is 0 Å². The van der Waals surface area contributed by atoms with Gasteiger partial charge in [-0.25, -0.2) is 0 Å². The Morgan fingerprint density at radius 3 is 2.38 bits per heavy atom. The summed E-state index contributed by atoms with van der Waals surface area (Å²) in [6.45, 7) is 2.20. The molecule has 0 radical (unpaired) electrons. The Bertz CT molecular complexity index is 448. The average molecular weight is 309 g/mol. The van der Waals surface area contributed by atoms with Gasteiger partial charge in [0.05, 0.1) is 0 Å². The number of benzene rings is 1. The van der Waals surface area contributed by atoms with E-state index in [1.165, 1.54) is 31.2 Å². The highest BCUT2D eigenvalue weighted by Gasteiger charge is 2.19. The molecule has 4 heteroatoms. The fraction of sp³-hybridized carbons (Fsp3) is 0.588. The Balaban J connectivity index is 0.00000161. The number of carbonyl (C=O) groups is 1. The minimum Gasteiger partial charge on any atom is -0.349 e. The molecule has 1 aliphatic heterocycles. The summed E-state index contributed by atoms with van der Waals surface area (Å²) in [5.74, 6) is 0.695. The molecule has 2 fully saturated rings. The summed E-state index contributed by atoms with van der Waals surface area (Å²) in [5.41, 5.74) is 2.15. The maximum absolute atomic E-state index is 12.2. The number of piperidine rings is 1. The van der Waals surface area contributed by atoms with Crippen molar-refractivity contribution in [3.63, 3.8) is 0 Å². The van der Waals surface area contributed by atoms with Crippen molar-refractivity contribution in [3.05, 3.63) is 35.4 Å². The summed E-state index contributed by atoms with van der Waals surface area (Å²) in [6, 6.07) is 8.61. The molecule has 1 aliphatic carbocycles. The first-order valence-corrected chi connectivity index (χ1v) is 7.94. The molecule has 1 amide bonds. The van der Waals surface area contributed by atoms with Gasteiger partial charge >= 0.3 is 0 Å². The van der Waals surface area contributed by atoms with Crippen LogP contribution in [0.5, 0.6) is 0 Å². The van der Waals surface area contributed by atoms with Crippen LogP contribution in [0.1, 0.15) is 60.4 Å². The van der Waals surface area contributed by atoms with Crippen LogP contribution in [0.15, 0.2) is 24.3 Å². The van der Waals surface area contributed by atoms with Gasteiger partial charge in [0.15, 0.2) is 0 Å². The van der Waals surface area contributed by atoms with Crippen molar-refractivity contribution in [2.75, 3.05) is 13.1 Å². The van der Waals surface area contributed by atoms with Gasteiger partial charge in [-0.1, -0.05) is 25.0 Å². The zero-order valence-electron chi connectivity index (χ0n) is 12.4. The standard InChI is InChI=1S/C17H24N2O.ClH/c20-17(19-16-5-1-2-6-16)14-9-7-13(8-10-14)15-4-3-11-18-12-15;/h7-10,15-16,18H,1-6,11-12H2,(H,19,20);1H. The molecule has 0 aromatic heterocycles. The quantitative estimate of drug-likeness (QED) is 0.900. The third kappa shape index (κ3) is 4.21. The van der Waals surface area contributed by atoms with Gasteiger partial charge in [0, 0.05) is 18.2 Å². The maximum atomic E-state index is 12.2. The molecule has 1 saturated heterocycles. The van der Waals surface area contributed by atoms with Crippen molar-refractivity contribution >= 4 is 18.3 Å². The van der Waals surface area contributed by atoms with Crippen LogP contribution in [0.25, 0.3) is 0 Å². The van der Waals surface area contributed by atoms with E-state index in [1.54, 1.807) is 0 Å². The first-order valence-electron chi connectivity index (χ1n) is 7.94. The molecule has 1 unspecified atom stereocenters. The molecular weight excluding hydrogens is 284 g/mol. The van der Waals surface area contributed by atoms with Gasteiger partial charge in [-0.15, -0.1) is 12.4 Å². The van der Waals surface area contributed by atoms with Crippen molar-refractivity contribution in [2.24, 2.45) is 0 Å². The topological polar surface area (TPSA) is 41.1 Å². The lowest BCUT2D eigenvalue weighted by molar-refractivity contribution is 0.0938. The minimum atomic E-state index is 0. The van der Waals surface area contributed by atoms with Gasteiger partial charge in [0.2, 0.25) is 0 Å². The van der Waals surface area contributed by atoms with E-state index in [1.807, 2.05) is 12.1 Å². The van der Waals surface area contributed by atoms with Crippen LogP contribution in [-0.2, 0) is 0 Å². The molecule has 3 nitrogen and oxygen atoms in total. The highest BCUT2D eigenvalue weighted by atomic mass is 35.5. The van der Waals surface area contributed by atoms with Gasteiger partial charge in [-0.2, -0.15) is 0 Å². The molecule has 1 atom stereocenters. The van der Waals surface area contributed by atoms with Crippen LogP contribution >= 0.6 is 12.4 Å². The van der Waals surface area contributed by atoms with Crippen LogP contribution in [0, 0.1) is 0 Å². The summed E-state index contributed by atoms with van der Waals surface area (Å²) in [7, 11) is 0. The number of halogens is 1. The molecule has 1 saturated carbocycles. The SMILES string of the molecule is Cl.O=C(NC1CCCC1)c1ccc(C2CCCNC2)cc1. The van der Waals surface area contributed by atoms with Gasteiger partial charge in [0.25, 0.3) is 5.91 Å². The zero-order valence-corrected chi connectivity index (χ0v) is 13.3. The number of hydrogen-bond acceptors (Lipinski definition) is 2. The molecule has 1 aromatic rings. The first-order chi connectivity index (χ1) is 9.83. The van der Waals surface area contributed by atoms with E-state index in [0.29, 0.717) is 12.0 Å². The molecule has 1 aromatic carbocycles. The van der Waals surface area contributed by atoms with E-state index in [0.717, 1.165) is 31.5 Å². The van der Waals surface area contributed by atoms with Crippen molar-refractivity contribution in [1.29, 1.82) is 0 Å². The highest BCUT2D eigenvalue weighted by Crippen LogP contribution is 2.23. The maximum Gasteiger partial charge on any atom is 0.251 e. The summed E-state index contributed by atoms with van der Waals surface area (Å²) >= 11 is 0. The molecule has 21 heavy (non-hydrogen) atoms. The number of carbonyl (C=O) groups excluding carboxylic acids is 1. The third-order valence-corrected chi connectivity index (χ3v) is 4.63. The molecule has 3 rings (SSSR count). The van der Waals surface area contributed by atoms with Crippen LogP contribution in [-0.4, -0.2) is 25.0 Å². The Hall–Kier alpha value is -1.06. The predicted octanol–water partition coefficient (Wildman–Crippen LogP) is 3.25. The Morgan fingerprint density at radius 1 is 1.05 bits per heavy atom. The number of rotatable bonds is 3. The van der Waals surface area contributed by atoms with Gasteiger partial charge in [-0.3, -0.25) is 4.79 Å². The first kappa shape index (κ1) is 16.3. The molecule has 1 heterocycles. The highest BCUT2D eigenvalue weighted by molar-refractivity contribution is 5.94. The van der Waals surface area contributed by atoms with Crippen molar-refractivity contribution in [1.82, 2.24) is 10.6 Å². The van der Waals surface area contributed by atoms with E-state index in [2.05, 4.69) is 22.8 Å². The van der Waals surface area contributed by atoms with E-state index in [-0.39, 0.29) is 18.3 Å². The predicted molar refractivity (Wildman–Crippen MR) is 88.3 cm³/mol. The van der Waals surface area contributed by atoms with Crippen LogP contribution in [0.3, 0.4) is 0 Å². The molecule has 2 N–H and O–H groups in total. The Kier molecular flexibility index (Phi) is 6.07. The molecule has 0 spiro atoms. The summed E-state index contributed by atoms with van der Waals surface area (Å²) in [5, 5.41) is 6.58. The summed E-state index contributed by atoms with van der Waals surface area (Å²) in [6.07, 6.45) is 7.27. The average Bonchev–Trinajstić information content (AvgIpc) is 3.01.